The number of rotatable bonds is 6. The molecule has 7 nitrogen and oxygen atoms in total. The average Bonchev–Trinajstić information content (AvgIpc) is 2.69. The Morgan fingerprint density at radius 2 is 1.61 bits per heavy atom. The van der Waals surface area contributed by atoms with E-state index in [4.69, 9.17) is 4.74 Å². The summed E-state index contributed by atoms with van der Waals surface area (Å²) in [5, 5.41) is 2.75. The minimum absolute atomic E-state index is 0.226. The highest BCUT2D eigenvalue weighted by Crippen LogP contribution is 2.20. The number of carbonyl (C=O) groups is 1. The fourth-order valence-corrected chi connectivity index (χ4v) is 4.31. The van der Waals surface area contributed by atoms with E-state index in [0.29, 0.717) is 37.6 Å². The number of hydrogen-bond donors (Lipinski definition) is 1. The number of sulfonamides is 1. The van der Waals surface area contributed by atoms with Crippen LogP contribution >= 0.6 is 0 Å². The standard InChI is InChI=1S/C20H25N3O4S/c1-16(27-18-6-4-3-5-7-18)20(24)21-17-8-10-19(11-9-17)28(25,26)23-14-12-22(2)13-15-23/h3-11,16H,12-15H2,1-2H3,(H,21,24)/t16-/m1/s1. The van der Waals surface area contributed by atoms with Crippen molar-refractivity contribution in [2.45, 2.75) is 17.9 Å². The second-order valence-corrected chi connectivity index (χ2v) is 8.73. The van der Waals surface area contributed by atoms with Crippen LogP contribution in [0.1, 0.15) is 6.92 Å². The summed E-state index contributed by atoms with van der Waals surface area (Å²) in [5.74, 6) is 0.303. The van der Waals surface area contributed by atoms with Gasteiger partial charge in [0, 0.05) is 31.9 Å². The Balaban J connectivity index is 1.61. The summed E-state index contributed by atoms with van der Waals surface area (Å²) >= 11 is 0. The number of amides is 1. The zero-order valence-electron chi connectivity index (χ0n) is 16.0. The van der Waals surface area contributed by atoms with Crippen molar-refractivity contribution in [3.05, 3.63) is 54.6 Å². The number of nitrogens with zero attached hydrogens (tertiary/aromatic N) is 2. The van der Waals surface area contributed by atoms with E-state index < -0.39 is 16.1 Å². The SMILES string of the molecule is C[C@@H](Oc1ccccc1)C(=O)Nc1ccc(S(=O)(=O)N2CCN(C)CC2)cc1. The molecule has 0 aliphatic carbocycles. The van der Waals surface area contributed by atoms with Gasteiger partial charge in [0.05, 0.1) is 4.90 Å². The number of nitrogens with one attached hydrogen (secondary N) is 1. The summed E-state index contributed by atoms with van der Waals surface area (Å²) < 4.78 is 32.6. The lowest BCUT2D eigenvalue weighted by molar-refractivity contribution is -0.122. The average molecular weight is 404 g/mol. The normalized spacial score (nSPS) is 17.1. The molecule has 2 aromatic rings. The van der Waals surface area contributed by atoms with E-state index in [2.05, 4.69) is 10.2 Å². The Bertz CT molecular complexity index is 893. The zero-order chi connectivity index (χ0) is 20.1. The van der Waals surface area contributed by atoms with Gasteiger partial charge < -0.3 is 15.0 Å². The Morgan fingerprint density at radius 1 is 1.00 bits per heavy atom. The van der Waals surface area contributed by atoms with Gasteiger partial charge in [0.2, 0.25) is 10.0 Å². The van der Waals surface area contributed by atoms with Crippen molar-refractivity contribution in [2.75, 3.05) is 38.5 Å². The molecule has 28 heavy (non-hydrogen) atoms. The van der Waals surface area contributed by atoms with Crippen molar-refractivity contribution in [1.29, 1.82) is 0 Å². The minimum atomic E-state index is -3.52. The molecule has 0 unspecified atom stereocenters. The number of likely N-dealkylation sites (N-methyl/N-ethyl adjacent to an activating group) is 1. The summed E-state index contributed by atoms with van der Waals surface area (Å²) in [4.78, 5) is 14.6. The quantitative estimate of drug-likeness (QED) is 0.798. The van der Waals surface area contributed by atoms with Crippen molar-refractivity contribution in [3.8, 4) is 5.75 Å². The Labute approximate surface area is 166 Å². The van der Waals surface area contributed by atoms with Gasteiger partial charge in [-0.1, -0.05) is 18.2 Å². The highest BCUT2D eigenvalue weighted by molar-refractivity contribution is 7.89. The van der Waals surface area contributed by atoms with Crippen LogP contribution in [0.4, 0.5) is 5.69 Å². The largest absolute Gasteiger partial charge is 0.481 e. The van der Waals surface area contributed by atoms with Gasteiger partial charge in [-0.05, 0) is 50.4 Å². The molecule has 3 rings (SSSR count). The number of carbonyl (C=O) groups excluding carboxylic acids is 1. The molecule has 1 N–H and O–H groups in total. The van der Waals surface area contributed by atoms with Crippen LogP contribution < -0.4 is 10.1 Å². The van der Waals surface area contributed by atoms with Gasteiger partial charge in [-0.15, -0.1) is 0 Å². The fraction of sp³-hybridized carbons (Fsp3) is 0.350. The number of ether oxygens (including phenoxy) is 1. The van der Waals surface area contributed by atoms with Crippen LogP contribution in [-0.2, 0) is 14.8 Å². The van der Waals surface area contributed by atoms with Crippen molar-refractivity contribution < 1.29 is 17.9 Å². The molecular formula is C20H25N3O4S. The van der Waals surface area contributed by atoms with Crippen molar-refractivity contribution in [3.63, 3.8) is 0 Å². The van der Waals surface area contributed by atoms with E-state index in [1.165, 1.54) is 16.4 Å². The third-order valence-electron chi connectivity index (χ3n) is 4.65. The van der Waals surface area contributed by atoms with E-state index in [-0.39, 0.29) is 10.8 Å². The first-order valence-electron chi connectivity index (χ1n) is 9.17. The molecule has 0 saturated carbocycles. The van der Waals surface area contributed by atoms with E-state index >= 15 is 0 Å². The monoisotopic (exact) mass is 403 g/mol. The smallest absolute Gasteiger partial charge is 0.265 e. The molecule has 8 heteroatoms. The summed E-state index contributed by atoms with van der Waals surface area (Å²) in [5.41, 5.74) is 0.519. The van der Waals surface area contributed by atoms with Gasteiger partial charge in [0.1, 0.15) is 5.75 Å². The number of anilines is 1. The van der Waals surface area contributed by atoms with Crippen LogP contribution in [0.25, 0.3) is 0 Å². The molecule has 0 spiro atoms. The molecule has 1 saturated heterocycles. The van der Waals surface area contributed by atoms with Gasteiger partial charge >= 0.3 is 0 Å². The molecule has 150 valence electrons. The molecule has 1 aliphatic rings. The van der Waals surface area contributed by atoms with E-state index in [9.17, 15) is 13.2 Å². The van der Waals surface area contributed by atoms with Gasteiger partial charge in [0.15, 0.2) is 6.10 Å². The molecule has 0 radical (unpaired) electrons. The van der Waals surface area contributed by atoms with Crippen LogP contribution in [0.5, 0.6) is 5.75 Å². The predicted molar refractivity (Wildman–Crippen MR) is 108 cm³/mol. The van der Waals surface area contributed by atoms with Crippen LogP contribution in [0.15, 0.2) is 59.5 Å². The summed E-state index contributed by atoms with van der Waals surface area (Å²) in [6, 6.07) is 15.3. The van der Waals surface area contributed by atoms with Crippen molar-refractivity contribution in [2.24, 2.45) is 0 Å². The highest BCUT2D eigenvalue weighted by Gasteiger charge is 2.27. The lowest BCUT2D eigenvalue weighted by atomic mass is 10.3. The lowest BCUT2D eigenvalue weighted by Gasteiger charge is -2.31. The summed E-state index contributed by atoms with van der Waals surface area (Å²) in [7, 11) is -1.54. The molecule has 1 amide bonds. The number of benzene rings is 2. The van der Waals surface area contributed by atoms with E-state index in [0.717, 1.165) is 0 Å². The van der Waals surface area contributed by atoms with Crippen LogP contribution in [0, 0.1) is 0 Å². The summed E-state index contributed by atoms with van der Waals surface area (Å²) in [6.45, 7) is 4.05. The van der Waals surface area contributed by atoms with Gasteiger partial charge in [-0.2, -0.15) is 4.31 Å². The summed E-state index contributed by atoms with van der Waals surface area (Å²) in [6.07, 6.45) is -0.684. The number of hydrogen-bond acceptors (Lipinski definition) is 5. The molecule has 0 bridgehead atoms. The second-order valence-electron chi connectivity index (χ2n) is 6.79. The first kappa shape index (κ1) is 20.3. The van der Waals surface area contributed by atoms with Crippen LogP contribution in [0.3, 0.4) is 0 Å². The lowest BCUT2D eigenvalue weighted by Crippen LogP contribution is -2.46. The third-order valence-corrected chi connectivity index (χ3v) is 6.56. The van der Waals surface area contributed by atoms with Gasteiger partial charge in [-0.3, -0.25) is 4.79 Å². The maximum absolute atomic E-state index is 12.7. The van der Waals surface area contributed by atoms with Gasteiger partial charge in [-0.25, -0.2) is 8.42 Å². The Morgan fingerprint density at radius 3 is 2.21 bits per heavy atom. The first-order chi connectivity index (χ1) is 13.4. The molecule has 2 aromatic carbocycles. The van der Waals surface area contributed by atoms with E-state index in [1.54, 1.807) is 31.2 Å². The van der Waals surface area contributed by atoms with Crippen molar-refractivity contribution in [1.82, 2.24) is 9.21 Å². The number of para-hydroxylation sites is 1. The maximum atomic E-state index is 12.7. The molecule has 1 heterocycles. The Kier molecular flexibility index (Phi) is 6.33. The fourth-order valence-electron chi connectivity index (χ4n) is 2.89. The third kappa shape index (κ3) is 4.89. The topological polar surface area (TPSA) is 78.9 Å². The predicted octanol–water partition coefficient (Wildman–Crippen LogP) is 2.03. The van der Waals surface area contributed by atoms with Crippen LogP contribution in [-0.4, -0.2) is 62.9 Å². The molecule has 1 atom stereocenters. The van der Waals surface area contributed by atoms with Crippen LogP contribution in [0.2, 0.25) is 0 Å². The van der Waals surface area contributed by atoms with Gasteiger partial charge in [0.25, 0.3) is 5.91 Å². The molecule has 1 aliphatic heterocycles. The highest BCUT2D eigenvalue weighted by atomic mass is 32.2. The maximum Gasteiger partial charge on any atom is 0.265 e. The second kappa shape index (κ2) is 8.72. The molecular weight excluding hydrogens is 378 g/mol. The number of piperazine rings is 1. The Hall–Kier alpha value is -2.42. The van der Waals surface area contributed by atoms with Crippen molar-refractivity contribution >= 4 is 21.6 Å². The van der Waals surface area contributed by atoms with E-state index in [1.807, 2.05) is 25.2 Å². The minimum Gasteiger partial charge on any atom is -0.481 e. The molecule has 0 aromatic heterocycles. The first-order valence-corrected chi connectivity index (χ1v) is 10.6. The zero-order valence-corrected chi connectivity index (χ0v) is 16.9. The molecule has 1 fully saturated rings.